The average Bonchev–Trinajstić information content (AvgIpc) is 3.14. The van der Waals surface area contributed by atoms with Gasteiger partial charge in [0.15, 0.2) is 0 Å². The Morgan fingerprint density at radius 2 is 2.12 bits per heavy atom. The molecule has 0 aliphatic rings. The summed E-state index contributed by atoms with van der Waals surface area (Å²) in [5.41, 5.74) is 1.47. The van der Waals surface area contributed by atoms with E-state index in [-0.39, 0.29) is 18.1 Å². The summed E-state index contributed by atoms with van der Waals surface area (Å²) in [5, 5.41) is 14.6. The number of furan rings is 1. The number of nitrogens with zero attached hydrogens (tertiary/aromatic N) is 3. The van der Waals surface area contributed by atoms with Crippen LogP contribution in [0.4, 0.5) is 11.5 Å². The highest BCUT2D eigenvalue weighted by molar-refractivity contribution is 5.91. The van der Waals surface area contributed by atoms with E-state index in [9.17, 15) is 4.79 Å². The van der Waals surface area contributed by atoms with Crippen LogP contribution in [0.1, 0.15) is 21.8 Å². The maximum absolute atomic E-state index is 12.0. The van der Waals surface area contributed by atoms with Crippen LogP contribution in [0, 0.1) is 11.3 Å². The molecular formula is C17H13N5O2. The number of rotatable bonds is 5. The van der Waals surface area contributed by atoms with Crippen molar-refractivity contribution < 1.29 is 9.21 Å². The molecule has 7 heteroatoms. The van der Waals surface area contributed by atoms with Gasteiger partial charge in [0.2, 0.25) is 0 Å². The fourth-order valence-electron chi connectivity index (χ4n) is 2.00. The molecule has 24 heavy (non-hydrogen) atoms. The van der Waals surface area contributed by atoms with E-state index < -0.39 is 0 Å². The molecule has 0 saturated carbocycles. The smallest absolute Gasteiger partial charge is 0.271 e. The summed E-state index contributed by atoms with van der Waals surface area (Å²) < 4.78 is 5.14. The van der Waals surface area contributed by atoms with E-state index in [2.05, 4.69) is 26.7 Å². The fraction of sp³-hybridized carbons (Fsp3) is 0.0588. The largest absolute Gasteiger partial charge is 0.467 e. The van der Waals surface area contributed by atoms with Gasteiger partial charge in [-0.3, -0.25) is 4.79 Å². The minimum Gasteiger partial charge on any atom is -0.467 e. The van der Waals surface area contributed by atoms with Crippen LogP contribution in [-0.4, -0.2) is 15.9 Å². The number of nitrogens with one attached hydrogen (secondary N) is 2. The number of carbonyl (C=O) groups excluding carboxylic acids is 1. The van der Waals surface area contributed by atoms with Gasteiger partial charge in [-0.05, 0) is 30.3 Å². The molecule has 2 N–H and O–H groups in total. The van der Waals surface area contributed by atoms with E-state index in [0.29, 0.717) is 17.1 Å². The van der Waals surface area contributed by atoms with Crippen molar-refractivity contribution in [2.75, 3.05) is 5.32 Å². The van der Waals surface area contributed by atoms with Crippen LogP contribution in [0.3, 0.4) is 0 Å². The third kappa shape index (κ3) is 3.75. The minimum atomic E-state index is -0.336. The molecule has 0 saturated heterocycles. The third-order valence-electron chi connectivity index (χ3n) is 3.15. The van der Waals surface area contributed by atoms with E-state index >= 15 is 0 Å². The maximum Gasteiger partial charge on any atom is 0.271 e. The van der Waals surface area contributed by atoms with Gasteiger partial charge in [-0.25, -0.2) is 9.97 Å². The lowest BCUT2D eigenvalue weighted by molar-refractivity contribution is 0.0942. The van der Waals surface area contributed by atoms with Crippen molar-refractivity contribution in [2.24, 2.45) is 0 Å². The molecule has 2 aromatic heterocycles. The molecule has 2 heterocycles. The molecular weight excluding hydrogens is 306 g/mol. The summed E-state index contributed by atoms with van der Waals surface area (Å²) in [4.78, 5) is 20.2. The molecule has 0 aliphatic carbocycles. The van der Waals surface area contributed by atoms with Crippen molar-refractivity contribution >= 4 is 17.4 Å². The van der Waals surface area contributed by atoms with Crippen molar-refractivity contribution in [3.8, 4) is 6.07 Å². The second-order valence-electron chi connectivity index (χ2n) is 4.87. The molecule has 1 amide bonds. The first kappa shape index (κ1) is 15.2. The Bertz CT molecular complexity index is 867. The molecule has 0 bridgehead atoms. The molecule has 118 valence electrons. The molecule has 3 rings (SSSR count). The lowest BCUT2D eigenvalue weighted by Gasteiger charge is -2.06. The zero-order chi connectivity index (χ0) is 16.8. The second-order valence-corrected chi connectivity index (χ2v) is 4.87. The Balaban J connectivity index is 1.62. The topological polar surface area (TPSA) is 104 Å². The molecule has 0 atom stereocenters. The normalized spacial score (nSPS) is 9.96. The molecule has 7 nitrogen and oxygen atoms in total. The summed E-state index contributed by atoms with van der Waals surface area (Å²) in [6.45, 7) is 0.286. The highest BCUT2D eigenvalue weighted by Crippen LogP contribution is 2.15. The molecule has 0 radical (unpaired) electrons. The van der Waals surface area contributed by atoms with Gasteiger partial charge in [0.05, 0.1) is 36.8 Å². The van der Waals surface area contributed by atoms with Gasteiger partial charge in [0, 0.05) is 5.69 Å². The van der Waals surface area contributed by atoms with Gasteiger partial charge in [-0.2, -0.15) is 5.26 Å². The number of carbonyl (C=O) groups is 1. The summed E-state index contributed by atoms with van der Waals surface area (Å²) in [6, 6.07) is 12.6. The number of hydrogen-bond donors (Lipinski definition) is 2. The predicted molar refractivity (Wildman–Crippen MR) is 86.3 cm³/mol. The standard InChI is InChI=1S/C17H13N5O2/c18-8-12-3-1-4-13(7-12)22-16-11-19-15(10-20-16)17(23)21-9-14-5-2-6-24-14/h1-7,10-11H,9H2,(H,20,22)(H,21,23). The van der Waals surface area contributed by atoms with Crippen LogP contribution in [0.5, 0.6) is 0 Å². The van der Waals surface area contributed by atoms with E-state index in [4.69, 9.17) is 9.68 Å². The van der Waals surface area contributed by atoms with Crippen molar-refractivity contribution in [3.63, 3.8) is 0 Å². The summed E-state index contributed by atoms with van der Waals surface area (Å²) in [5.74, 6) is 0.802. The van der Waals surface area contributed by atoms with E-state index in [1.165, 1.54) is 12.4 Å². The molecule has 0 unspecified atom stereocenters. The Labute approximate surface area is 138 Å². The number of nitriles is 1. The maximum atomic E-state index is 12.0. The first-order chi connectivity index (χ1) is 11.7. The Kier molecular flexibility index (Phi) is 4.49. The molecule has 0 fully saturated rings. The highest BCUT2D eigenvalue weighted by atomic mass is 16.3. The van der Waals surface area contributed by atoms with Gasteiger partial charge in [-0.15, -0.1) is 0 Å². The van der Waals surface area contributed by atoms with Crippen molar-refractivity contribution in [1.82, 2.24) is 15.3 Å². The van der Waals surface area contributed by atoms with Gasteiger partial charge in [-0.1, -0.05) is 6.07 Å². The van der Waals surface area contributed by atoms with Gasteiger partial charge < -0.3 is 15.1 Å². The number of amides is 1. The van der Waals surface area contributed by atoms with E-state index in [1.807, 2.05) is 6.07 Å². The zero-order valence-electron chi connectivity index (χ0n) is 12.6. The van der Waals surface area contributed by atoms with E-state index in [1.54, 1.807) is 36.6 Å². The molecule has 3 aromatic rings. The number of aromatic nitrogens is 2. The van der Waals surface area contributed by atoms with Crippen LogP contribution in [0.25, 0.3) is 0 Å². The lowest BCUT2D eigenvalue weighted by atomic mass is 10.2. The first-order valence-electron chi connectivity index (χ1n) is 7.14. The van der Waals surface area contributed by atoms with Gasteiger partial charge in [0.25, 0.3) is 5.91 Å². The van der Waals surface area contributed by atoms with Gasteiger partial charge in [0.1, 0.15) is 17.3 Å². The van der Waals surface area contributed by atoms with Crippen LogP contribution in [0.15, 0.2) is 59.5 Å². The monoisotopic (exact) mass is 319 g/mol. The third-order valence-corrected chi connectivity index (χ3v) is 3.15. The number of anilines is 2. The average molecular weight is 319 g/mol. The van der Waals surface area contributed by atoms with Crippen molar-refractivity contribution in [2.45, 2.75) is 6.54 Å². The van der Waals surface area contributed by atoms with Gasteiger partial charge >= 0.3 is 0 Å². The Morgan fingerprint density at radius 1 is 1.21 bits per heavy atom. The van der Waals surface area contributed by atoms with E-state index in [0.717, 1.165) is 5.69 Å². The Morgan fingerprint density at radius 3 is 2.83 bits per heavy atom. The summed E-state index contributed by atoms with van der Waals surface area (Å²) in [7, 11) is 0. The summed E-state index contributed by atoms with van der Waals surface area (Å²) >= 11 is 0. The predicted octanol–water partition coefficient (Wildman–Crippen LogP) is 2.61. The quantitative estimate of drug-likeness (QED) is 0.749. The summed E-state index contributed by atoms with van der Waals surface area (Å²) in [6.07, 6.45) is 4.39. The minimum absolute atomic E-state index is 0.206. The molecule has 0 spiro atoms. The number of benzene rings is 1. The zero-order valence-corrected chi connectivity index (χ0v) is 12.6. The van der Waals surface area contributed by atoms with Crippen LogP contribution in [0.2, 0.25) is 0 Å². The lowest BCUT2D eigenvalue weighted by Crippen LogP contribution is -2.23. The van der Waals surface area contributed by atoms with Crippen LogP contribution < -0.4 is 10.6 Å². The number of hydrogen-bond acceptors (Lipinski definition) is 6. The molecule has 1 aromatic carbocycles. The van der Waals surface area contributed by atoms with Crippen LogP contribution in [-0.2, 0) is 6.54 Å². The van der Waals surface area contributed by atoms with Crippen molar-refractivity contribution in [1.29, 1.82) is 5.26 Å². The highest BCUT2D eigenvalue weighted by Gasteiger charge is 2.08. The Hall–Kier alpha value is -3.66. The van der Waals surface area contributed by atoms with Crippen molar-refractivity contribution in [3.05, 3.63) is 72.1 Å². The van der Waals surface area contributed by atoms with Crippen LogP contribution >= 0.6 is 0 Å². The first-order valence-corrected chi connectivity index (χ1v) is 7.14. The SMILES string of the molecule is N#Cc1cccc(Nc2cnc(C(=O)NCc3ccco3)cn2)c1. The molecule has 0 aliphatic heterocycles. The fourth-order valence-corrected chi connectivity index (χ4v) is 2.00. The second kappa shape index (κ2) is 7.07.